The fourth-order valence-electron chi connectivity index (χ4n) is 3.73. The molecular weight excluding hydrogens is 396 g/mol. The maximum atomic E-state index is 5.98. The molecule has 7 heteroatoms. The molecule has 2 N–H and O–H groups in total. The molecule has 1 aromatic carbocycles. The normalized spacial score (nSPS) is 18.6. The Morgan fingerprint density at radius 3 is 2.90 bits per heavy atom. The first-order valence-corrected chi connectivity index (χ1v) is 11.5. The van der Waals surface area contributed by atoms with Gasteiger partial charge in [-0.3, -0.25) is 9.89 Å². The molecule has 1 aliphatic rings. The lowest BCUT2D eigenvalue weighted by atomic mass is 9.98. The summed E-state index contributed by atoms with van der Waals surface area (Å²) in [6.07, 6.45) is 2.53. The fourth-order valence-corrected chi connectivity index (χ4v) is 4.48. The lowest BCUT2D eigenvalue weighted by Crippen LogP contribution is -2.46. The number of thiophene rings is 1. The van der Waals surface area contributed by atoms with Crippen LogP contribution in [0.5, 0.6) is 11.5 Å². The standard InChI is InChI=1S/C23H34N4O2S/c1-18(29-21-9-4-8-20(13-21)28-3)14-25-23(24-2)26-15-19-7-5-11-27(16-19)17-22-10-6-12-30-22/h4,6,8-10,12-13,18-19H,5,7,11,14-17H2,1-3H3,(H2,24,25,26). The zero-order chi connectivity index (χ0) is 21.2. The van der Waals surface area contributed by atoms with E-state index >= 15 is 0 Å². The van der Waals surface area contributed by atoms with Crippen molar-refractivity contribution in [2.45, 2.75) is 32.4 Å². The smallest absolute Gasteiger partial charge is 0.191 e. The quantitative estimate of drug-likeness (QED) is 0.470. The van der Waals surface area contributed by atoms with E-state index in [-0.39, 0.29) is 6.10 Å². The molecule has 3 rings (SSSR count). The van der Waals surface area contributed by atoms with Crippen LogP contribution in [0, 0.1) is 5.92 Å². The Kier molecular flexibility index (Phi) is 8.83. The highest BCUT2D eigenvalue weighted by atomic mass is 32.1. The SMILES string of the molecule is CN=C(NCC1CCCN(Cc2cccs2)C1)NCC(C)Oc1cccc(OC)c1. The molecule has 0 amide bonds. The first-order chi connectivity index (χ1) is 14.7. The van der Waals surface area contributed by atoms with Crippen LogP contribution in [0.3, 0.4) is 0 Å². The van der Waals surface area contributed by atoms with Gasteiger partial charge < -0.3 is 20.1 Å². The largest absolute Gasteiger partial charge is 0.497 e. The van der Waals surface area contributed by atoms with Gasteiger partial charge in [-0.2, -0.15) is 0 Å². The van der Waals surface area contributed by atoms with Crippen LogP contribution in [-0.2, 0) is 6.54 Å². The van der Waals surface area contributed by atoms with Crippen LogP contribution in [0.1, 0.15) is 24.6 Å². The van der Waals surface area contributed by atoms with E-state index in [0.717, 1.165) is 37.1 Å². The number of methoxy groups -OCH3 is 1. The van der Waals surface area contributed by atoms with Crippen molar-refractivity contribution in [1.29, 1.82) is 0 Å². The Bertz CT molecular complexity index is 781. The molecule has 1 aliphatic heterocycles. The van der Waals surface area contributed by atoms with Gasteiger partial charge in [-0.15, -0.1) is 11.3 Å². The van der Waals surface area contributed by atoms with Crippen molar-refractivity contribution < 1.29 is 9.47 Å². The number of hydrogen-bond donors (Lipinski definition) is 2. The first-order valence-electron chi connectivity index (χ1n) is 10.7. The third-order valence-electron chi connectivity index (χ3n) is 5.28. The molecular formula is C23H34N4O2S. The highest BCUT2D eigenvalue weighted by Crippen LogP contribution is 2.21. The van der Waals surface area contributed by atoms with Crippen molar-refractivity contribution in [1.82, 2.24) is 15.5 Å². The van der Waals surface area contributed by atoms with Gasteiger partial charge in [0.05, 0.1) is 13.7 Å². The Balaban J connectivity index is 1.38. The van der Waals surface area contributed by atoms with Crippen LogP contribution in [0.25, 0.3) is 0 Å². The number of aliphatic imine (C=N–C) groups is 1. The predicted molar refractivity (Wildman–Crippen MR) is 125 cm³/mol. The van der Waals surface area contributed by atoms with E-state index in [1.165, 1.54) is 24.3 Å². The molecule has 2 aromatic rings. The third-order valence-corrected chi connectivity index (χ3v) is 6.14. The lowest BCUT2D eigenvalue weighted by Gasteiger charge is -2.32. The zero-order valence-electron chi connectivity index (χ0n) is 18.3. The van der Waals surface area contributed by atoms with Crippen LogP contribution in [0.4, 0.5) is 0 Å². The van der Waals surface area contributed by atoms with E-state index in [0.29, 0.717) is 12.5 Å². The summed E-state index contributed by atoms with van der Waals surface area (Å²) >= 11 is 1.85. The summed E-state index contributed by atoms with van der Waals surface area (Å²) in [4.78, 5) is 8.39. The van der Waals surface area contributed by atoms with E-state index in [4.69, 9.17) is 9.47 Å². The molecule has 0 spiro atoms. The van der Waals surface area contributed by atoms with Crippen LogP contribution in [0.2, 0.25) is 0 Å². The topological polar surface area (TPSA) is 58.1 Å². The minimum Gasteiger partial charge on any atom is -0.497 e. The minimum absolute atomic E-state index is 0.00613. The molecule has 1 aromatic heterocycles. The number of piperidine rings is 1. The van der Waals surface area contributed by atoms with Crippen molar-refractivity contribution in [3.8, 4) is 11.5 Å². The van der Waals surface area contributed by atoms with E-state index in [1.54, 1.807) is 7.11 Å². The maximum Gasteiger partial charge on any atom is 0.191 e. The van der Waals surface area contributed by atoms with Gasteiger partial charge in [-0.1, -0.05) is 12.1 Å². The molecule has 30 heavy (non-hydrogen) atoms. The van der Waals surface area contributed by atoms with Crippen molar-refractivity contribution >= 4 is 17.3 Å². The van der Waals surface area contributed by atoms with E-state index < -0.39 is 0 Å². The molecule has 0 aliphatic carbocycles. The Morgan fingerprint density at radius 2 is 2.13 bits per heavy atom. The number of likely N-dealkylation sites (tertiary alicyclic amines) is 1. The summed E-state index contributed by atoms with van der Waals surface area (Å²) < 4.78 is 11.2. The molecule has 2 heterocycles. The fraction of sp³-hybridized carbons (Fsp3) is 0.522. The number of benzene rings is 1. The average molecular weight is 431 g/mol. The Labute approximate surface area is 184 Å². The summed E-state index contributed by atoms with van der Waals surface area (Å²) in [5, 5.41) is 9.03. The monoisotopic (exact) mass is 430 g/mol. The summed E-state index contributed by atoms with van der Waals surface area (Å²) in [5.74, 6) is 3.07. The summed E-state index contributed by atoms with van der Waals surface area (Å²) in [6, 6.07) is 12.0. The van der Waals surface area contributed by atoms with Gasteiger partial charge in [-0.25, -0.2) is 0 Å². The number of rotatable bonds is 9. The van der Waals surface area contributed by atoms with Gasteiger partial charge in [0.1, 0.15) is 17.6 Å². The van der Waals surface area contributed by atoms with Crippen molar-refractivity contribution in [3.63, 3.8) is 0 Å². The van der Waals surface area contributed by atoms with Crippen molar-refractivity contribution in [3.05, 3.63) is 46.7 Å². The Hall–Kier alpha value is -2.25. The van der Waals surface area contributed by atoms with Gasteiger partial charge in [-0.05, 0) is 55.8 Å². The molecule has 164 valence electrons. The second-order valence-electron chi connectivity index (χ2n) is 7.76. The van der Waals surface area contributed by atoms with Crippen LogP contribution in [0.15, 0.2) is 46.8 Å². The highest BCUT2D eigenvalue weighted by Gasteiger charge is 2.20. The van der Waals surface area contributed by atoms with Gasteiger partial charge in [0, 0.05) is 37.6 Å². The van der Waals surface area contributed by atoms with Crippen LogP contribution >= 0.6 is 11.3 Å². The predicted octanol–water partition coefficient (Wildman–Crippen LogP) is 3.60. The minimum atomic E-state index is 0.00613. The average Bonchev–Trinajstić information content (AvgIpc) is 3.27. The summed E-state index contributed by atoms with van der Waals surface area (Å²) in [6.45, 7) is 7.05. The van der Waals surface area contributed by atoms with Crippen molar-refractivity contribution in [2.75, 3.05) is 40.3 Å². The number of nitrogens with zero attached hydrogens (tertiary/aromatic N) is 2. The maximum absolute atomic E-state index is 5.98. The van der Waals surface area contributed by atoms with Gasteiger partial charge in [0.25, 0.3) is 0 Å². The summed E-state index contributed by atoms with van der Waals surface area (Å²) in [5.41, 5.74) is 0. The van der Waals surface area contributed by atoms with Gasteiger partial charge in [0.15, 0.2) is 5.96 Å². The van der Waals surface area contributed by atoms with E-state index in [9.17, 15) is 0 Å². The number of nitrogens with one attached hydrogen (secondary N) is 2. The summed E-state index contributed by atoms with van der Waals surface area (Å²) in [7, 11) is 3.47. The Morgan fingerprint density at radius 1 is 1.27 bits per heavy atom. The third kappa shape index (κ3) is 7.22. The molecule has 0 radical (unpaired) electrons. The molecule has 6 nitrogen and oxygen atoms in total. The molecule has 0 saturated carbocycles. The van der Waals surface area contributed by atoms with E-state index in [1.807, 2.05) is 49.6 Å². The molecule has 1 saturated heterocycles. The molecule has 2 atom stereocenters. The zero-order valence-corrected chi connectivity index (χ0v) is 19.1. The van der Waals surface area contributed by atoms with Gasteiger partial charge >= 0.3 is 0 Å². The van der Waals surface area contributed by atoms with Crippen LogP contribution in [-0.4, -0.2) is 57.3 Å². The molecule has 0 bridgehead atoms. The second kappa shape index (κ2) is 11.8. The van der Waals surface area contributed by atoms with Crippen molar-refractivity contribution in [2.24, 2.45) is 10.9 Å². The second-order valence-corrected chi connectivity index (χ2v) is 8.80. The molecule has 1 fully saturated rings. The van der Waals surface area contributed by atoms with Crippen LogP contribution < -0.4 is 20.1 Å². The number of guanidine groups is 1. The highest BCUT2D eigenvalue weighted by molar-refractivity contribution is 7.09. The van der Waals surface area contributed by atoms with Gasteiger partial charge in [0.2, 0.25) is 0 Å². The number of hydrogen-bond acceptors (Lipinski definition) is 5. The van der Waals surface area contributed by atoms with E-state index in [2.05, 4.69) is 38.0 Å². The number of ether oxygens (including phenoxy) is 2. The lowest BCUT2D eigenvalue weighted by molar-refractivity contribution is 0.169. The molecule has 2 unspecified atom stereocenters. The first kappa shape index (κ1) is 22.4.